The van der Waals surface area contributed by atoms with Gasteiger partial charge >= 0.3 is 0 Å². The van der Waals surface area contributed by atoms with Gasteiger partial charge in [0.05, 0.1) is 6.54 Å². The SMILES string of the molecule is O=C(CNCC1CCCCN1)N1CCCC1. The quantitative estimate of drug-likeness (QED) is 0.725. The monoisotopic (exact) mass is 225 g/mol. The molecule has 1 amide bonds. The molecule has 0 aromatic carbocycles. The van der Waals surface area contributed by atoms with Crippen molar-refractivity contribution < 1.29 is 4.79 Å². The maximum Gasteiger partial charge on any atom is 0.236 e. The Morgan fingerprint density at radius 2 is 2.06 bits per heavy atom. The Morgan fingerprint density at radius 3 is 2.75 bits per heavy atom. The fourth-order valence-corrected chi connectivity index (χ4v) is 2.53. The van der Waals surface area contributed by atoms with Crippen molar-refractivity contribution in [3.05, 3.63) is 0 Å². The van der Waals surface area contributed by atoms with Crippen LogP contribution in [0.2, 0.25) is 0 Å². The van der Waals surface area contributed by atoms with Crippen molar-refractivity contribution in [3.8, 4) is 0 Å². The summed E-state index contributed by atoms with van der Waals surface area (Å²) in [5.41, 5.74) is 0. The van der Waals surface area contributed by atoms with E-state index in [0.717, 1.165) is 26.2 Å². The predicted molar refractivity (Wildman–Crippen MR) is 64.3 cm³/mol. The zero-order valence-corrected chi connectivity index (χ0v) is 10.0. The van der Waals surface area contributed by atoms with E-state index in [9.17, 15) is 4.79 Å². The first kappa shape index (κ1) is 11.9. The summed E-state index contributed by atoms with van der Waals surface area (Å²) in [5.74, 6) is 0.272. The molecule has 0 aromatic heterocycles. The molecule has 4 heteroatoms. The van der Waals surface area contributed by atoms with Crippen LogP contribution in [-0.2, 0) is 4.79 Å². The molecule has 0 bridgehead atoms. The van der Waals surface area contributed by atoms with E-state index in [4.69, 9.17) is 0 Å². The number of carbonyl (C=O) groups excluding carboxylic acids is 1. The topological polar surface area (TPSA) is 44.4 Å². The minimum atomic E-state index is 0.272. The molecule has 0 aliphatic carbocycles. The van der Waals surface area contributed by atoms with Gasteiger partial charge < -0.3 is 15.5 Å². The number of rotatable bonds is 4. The average molecular weight is 225 g/mol. The minimum Gasteiger partial charge on any atom is -0.342 e. The molecule has 2 saturated heterocycles. The molecular weight excluding hydrogens is 202 g/mol. The number of hydrogen-bond acceptors (Lipinski definition) is 3. The molecular formula is C12H23N3O. The van der Waals surface area contributed by atoms with Crippen molar-refractivity contribution in [1.29, 1.82) is 0 Å². The van der Waals surface area contributed by atoms with Crippen molar-refractivity contribution in [2.24, 2.45) is 0 Å². The van der Waals surface area contributed by atoms with E-state index in [2.05, 4.69) is 10.6 Å². The Hall–Kier alpha value is -0.610. The van der Waals surface area contributed by atoms with Gasteiger partial charge in [-0.1, -0.05) is 6.42 Å². The van der Waals surface area contributed by atoms with Gasteiger partial charge in [0, 0.05) is 25.7 Å². The molecule has 0 aromatic rings. The fraction of sp³-hybridized carbons (Fsp3) is 0.917. The van der Waals surface area contributed by atoms with Gasteiger partial charge in [-0.2, -0.15) is 0 Å². The first-order chi connectivity index (χ1) is 7.86. The van der Waals surface area contributed by atoms with Crippen LogP contribution in [0.3, 0.4) is 0 Å². The molecule has 2 heterocycles. The van der Waals surface area contributed by atoms with E-state index in [1.54, 1.807) is 0 Å². The third-order valence-corrected chi connectivity index (χ3v) is 3.54. The lowest BCUT2D eigenvalue weighted by atomic mass is 10.1. The second-order valence-corrected chi connectivity index (χ2v) is 4.87. The van der Waals surface area contributed by atoms with Gasteiger partial charge in [0.25, 0.3) is 0 Å². The van der Waals surface area contributed by atoms with Crippen LogP contribution < -0.4 is 10.6 Å². The molecule has 92 valence electrons. The second kappa shape index (κ2) is 6.21. The first-order valence-electron chi connectivity index (χ1n) is 6.58. The summed E-state index contributed by atoms with van der Waals surface area (Å²) in [6.07, 6.45) is 6.21. The molecule has 0 radical (unpaired) electrons. The highest BCUT2D eigenvalue weighted by Gasteiger charge is 2.18. The molecule has 4 nitrogen and oxygen atoms in total. The normalized spacial score (nSPS) is 26.0. The van der Waals surface area contributed by atoms with Crippen LogP contribution in [0, 0.1) is 0 Å². The van der Waals surface area contributed by atoms with Gasteiger partial charge in [0.2, 0.25) is 5.91 Å². The molecule has 2 aliphatic rings. The lowest BCUT2D eigenvalue weighted by molar-refractivity contribution is -0.129. The number of nitrogens with zero attached hydrogens (tertiary/aromatic N) is 1. The Bertz CT molecular complexity index is 220. The van der Waals surface area contributed by atoms with Crippen LogP contribution in [0.1, 0.15) is 32.1 Å². The van der Waals surface area contributed by atoms with E-state index in [-0.39, 0.29) is 5.91 Å². The Balaban J connectivity index is 1.57. The molecule has 2 rings (SSSR count). The first-order valence-corrected chi connectivity index (χ1v) is 6.58. The summed E-state index contributed by atoms with van der Waals surface area (Å²) >= 11 is 0. The van der Waals surface area contributed by atoms with E-state index >= 15 is 0 Å². The molecule has 0 saturated carbocycles. The molecule has 1 unspecified atom stereocenters. The summed E-state index contributed by atoms with van der Waals surface area (Å²) in [5, 5.41) is 6.75. The van der Waals surface area contributed by atoms with Crippen LogP contribution in [0.15, 0.2) is 0 Å². The third kappa shape index (κ3) is 3.46. The van der Waals surface area contributed by atoms with E-state index in [1.807, 2.05) is 4.90 Å². The highest BCUT2D eigenvalue weighted by Crippen LogP contribution is 2.07. The van der Waals surface area contributed by atoms with Crippen LogP contribution in [-0.4, -0.2) is 49.6 Å². The minimum absolute atomic E-state index is 0.272. The highest BCUT2D eigenvalue weighted by molar-refractivity contribution is 5.78. The summed E-state index contributed by atoms with van der Waals surface area (Å²) in [6.45, 7) is 4.49. The lowest BCUT2D eigenvalue weighted by Crippen LogP contribution is -2.44. The maximum atomic E-state index is 11.7. The molecule has 2 aliphatic heterocycles. The largest absolute Gasteiger partial charge is 0.342 e. The third-order valence-electron chi connectivity index (χ3n) is 3.54. The molecule has 0 spiro atoms. The number of nitrogens with one attached hydrogen (secondary N) is 2. The second-order valence-electron chi connectivity index (χ2n) is 4.87. The number of likely N-dealkylation sites (tertiary alicyclic amines) is 1. The highest BCUT2D eigenvalue weighted by atomic mass is 16.2. The van der Waals surface area contributed by atoms with Crippen molar-refractivity contribution >= 4 is 5.91 Å². The van der Waals surface area contributed by atoms with Crippen LogP contribution in [0.5, 0.6) is 0 Å². The van der Waals surface area contributed by atoms with Crippen LogP contribution in [0.25, 0.3) is 0 Å². The van der Waals surface area contributed by atoms with Gasteiger partial charge in [-0.15, -0.1) is 0 Å². The van der Waals surface area contributed by atoms with Crippen molar-refractivity contribution in [1.82, 2.24) is 15.5 Å². The number of amides is 1. The average Bonchev–Trinajstić information content (AvgIpc) is 2.84. The molecule has 2 N–H and O–H groups in total. The van der Waals surface area contributed by atoms with Crippen molar-refractivity contribution in [2.75, 3.05) is 32.7 Å². The van der Waals surface area contributed by atoms with Crippen molar-refractivity contribution in [2.45, 2.75) is 38.1 Å². The molecule has 2 fully saturated rings. The predicted octanol–water partition coefficient (Wildman–Crippen LogP) is 0.341. The van der Waals surface area contributed by atoms with Gasteiger partial charge in [-0.05, 0) is 32.2 Å². The number of hydrogen-bond donors (Lipinski definition) is 2. The zero-order valence-electron chi connectivity index (χ0n) is 10.0. The summed E-state index contributed by atoms with van der Waals surface area (Å²) in [7, 11) is 0. The standard InChI is InChI=1S/C12H23N3O/c16-12(15-7-3-4-8-15)10-13-9-11-5-1-2-6-14-11/h11,13-14H,1-10H2. The number of piperidine rings is 1. The smallest absolute Gasteiger partial charge is 0.236 e. The van der Waals surface area contributed by atoms with Crippen molar-refractivity contribution in [3.63, 3.8) is 0 Å². The van der Waals surface area contributed by atoms with Crippen LogP contribution in [0.4, 0.5) is 0 Å². The fourth-order valence-electron chi connectivity index (χ4n) is 2.53. The summed E-state index contributed by atoms with van der Waals surface area (Å²) in [6, 6.07) is 0.570. The zero-order chi connectivity index (χ0) is 11.2. The molecule has 1 atom stereocenters. The summed E-state index contributed by atoms with van der Waals surface area (Å²) in [4.78, 5) is 13.7. The Kier molecular flexibility index (Phi) is 4.60. The van der Waals surface area contributed by atoms with E-state index < -0.39 is 0 Å². The van der Waals surface area contributed by atoms with Crippen LogP contribution >= 0.6 is 0 Å². The lowest BCUT2D eigenvalue weighted by Gasteiger charge is -2.24. The number of carbonyl (C=O) groups is 1. The van der Waals surface area contributed by atoms with Gasteiger partial charge in [-0.3, -0.25) is 4.79 Å². The van der Waals surface area contributed by atoms with Gasteiger partial charge in [0.15, 0.2) is 0 Å². The van der Waals surface area contributed by atoms with E-state index in [0.29, 0.717) is 12.6 Å². The van der Waals surface area contributed by atoms with Gasteiger partial charge in [-0.25, -0.2) is 0 Å². The summed E-state index contributed by atoms with van der Waals surface area (Å²) < 4.78 is 0. The van der Waals surface area contributed by atoms with E-state index in [1.165, 1.54) is 32.1 Å². The Morgan fingerprint density at radius 1 is 1.25 bits per heavy atom. The molecule has 16 heavy (non-hydrogen) atoms. The Labute approximate surface area is 97.8 Å². The maximum absolute atomic E-state index is 11.7. The van der Waals surface area contributed by atoms with Gasteiger partial charge in [0.1, 0.15) is 0 Å².